The Bertz CT molecular complexity index is 903. The summed E-state index contributed by atoms with van der Waals surface area (Å²) in [6.45, 7) is 3.18. The summed E-state index contributed by atoms with van der Waals surface area (Å²) in [7, 11) is 0. The number of nitrogens with zero attached hydrogens (tertiary/aromatic N) is 2. The van der Waals surface area contributed by atoms with E-state index >= 15 is 0 Å². The maximum absolute atomic E-state index is 12.8. The van der Waals surface area contributed by atoms with Crippen LogP contribution in [0.1, 0.15) is 27.6 Å². The van der Waals surface area contributed by atoms with Crippen molar-refractivity contribution in [3.63, 3.8) is 0 Å². The monoisotopic (exact) mass is 444 g/mol. The minimum absolute atomic E-state index is 0.136. The lowest BCUT2D eigenvalue weighted by atomic mass is 10.1. The maximum Gasteiger partial charge on any atom is 0.254 e. The van der Waals surface area contributed by atoms with Crippen LogP contribution in [0.3, 0.4) is 0 Å². The third-order valence-corrected chi connectivity index (χ3v) is 5.99. The summed E-state index contributed by atoms with van der Waals surface area (Å²) < 4.78 is 0. The van der Waals surface area contributed by atoms with E-state index in [0.717, 1.165) is 0 Å². The number of carbonyl (C=O) groups is 2. The van der Waals surface area contributed by atoms with Crippen LogP contribution in [-0.4, -0.2) is 47.3 Å². The van der Waals surface area contributed by atoms with Crippen LogP contribution in [0.4, 0.5) is 0 Å². The van der Waals surface area contributed by atoms with Gasteiger partial charge in [-0.15, -0.1) is 0 Å². The molecule has 1 aliphatic rings. The second-order valence-corrected chi connectivity index (χ2v) is 7.99. The molecule has 142 valence electrons. The minimum atomic E-state index is -0.146. The van der Waals surface area contributed by atoms with Crippen LogP contribution >= 0.6 is 46.4 Å². The molecule has 0 radical (unpaired) electrons. The summed E-state index contributed by atoms with van der Waals surface area (Å²) in [5, 5.41) is 1.48. The predicted molar refractivity (Wildman–Crippen MR) is 109 cm³/mol. The van der Waals surface area contributed by atoms with E-state index in [4.69, 9.17) is 46.4 Å². The van der Waals surface area contributed by atoms with Crippen molar-refractivity contribution >= 4 is 58.2 Å². The molecule has 0 aromatic heterocycles. The molecule has 1 aliphatic heterocycles. The van der Waals surface area contributed by atoms with Crippen molar-refractivity contribution in [3.05, 3.63) is 67.6 Å². The van der Waals surface area contributed by atoms with Crippen molar-refractivity contribution in [2.75, 3.05) is 19.6 Å². The number of halogens is 4. The van der Waals surface area contributed by atoms with Crippen molar-refractivity contribution in [1.29, 1.82) is 0 Å². The Balaban J connectivity index is 1.71. The van der Waals surface area contributed by atoms with Gasteiger partial charge >= 0.3 is 0 Å². The Kier molecular flexibility index (Phi) is 6.21. The molecule has 1 saturated heterocycles. The van der Waals surface area contributed by atoms with E-state index in [9.17, 15) is 9.59 Å². The van der Waals surface area contributed by atoms with Crippen molar-refractivity contribution in [1.82, 2.24) is 9.80 Å². The average molecular weight is 446 g/mol. The highest BCUT2D eigenvalue weighted by Crippen LogP contribution is 2.26. The molecule has 1 fully saturated rings. The minimum Gasteiger partial charge on any atom is -0.335 e. The molecule has 0 aliphatic carbocycles. The molecular formula is C19H16Cl4N2O2. The van der Waals surface area contributed by atoms with Crippen molar-refractivity contribution in [2.45, 2.75) is 13.0 Å². The third-order valence-electron chi connectivity index (χ3n) is 4.51. The number of amides is 2. The van der Waals surface area contributed by atoms with E-state index in [1.807, 2.05) is 6.92 Å². The van der Waals surface area contributed by atoms with Gasteiger partial charge < -0.3 is 9.80 Å². The van der Waals surface area contributed by atoms with E-state index < -0.39 is 0 Å². The number of benzene rings is 2. The van der Waals surface area contributed by atoms with Crippen LogP contribution in [0.2, 0.25) is 20.1 Å². The molecule has 1 heterocycles. The molecule has 0 saturated carbocycles. The molecule has 27 heavy (non-hydrogen) atoms. The number of hydrogen-bond donors (Lipinski definition) is 0. The summed E-state index contributed by atoms with van der Waals surface area (Å²) >= 11 is 23.8. The topological polar surface area (TPSA) is 40.6 Å². The van der Waals surface area contributed by atoms with Gasteiger partial charge in [0.25, 0.3) is 11.8 Å². The van der Waals surface area contributed by atoms with E-state index in [-0.39, 0.29) is 17.9 Å². The molecule has 2 amide bonds. The second kappa shape index (κ2) is 8.27. The summed E-state index contributed by atoms with van der Waals surface area (Å²) in [4.78, 5) is 29.0. The first-order chi connectivity index (χ1) is 12.8. The van der Waals surface area contributed by atoms with Gasteiger partial charge in [0.05, 0.1) is 20.1 Å². The van der Waals surface area contributed by atoms with Crippen molar-refractivity contribution in [2.24, 2.45) is 0 Å². The normalized spacial score (nSPS) is 17.1. The quantitative estimate of drug-likeness (QED) is 0.630. The van der Waals surface area contributed by atoms with Gasteiger partial charge in [-0.05, 0) is 43.3 Å². The summed E-state index contributed by atoms with van der Waals surface area (Å²) in [6.07, 6.45) is 0. The Morgan fingerprint density at radius 1 is 0.815 bits per heavy atom. The first-order valence-electron chi connectivity index (χ1n) is 8.28. The molecule has 1 atom stereocenters. The standard InChI is InChI=1S/C19H16Cl4N2O2/c1-11-10-24(18(26)12-2-4-14(20)16(22)8-12)6-7-25(11)19(27)13-3-5-15(21)17(23)9-13/h2-5,8-9,11H,6-7,10H2,1H3/t11-/m1/s1. The van der Waals surface area contributed by atoms with Crippen molar-refractivity contribution < 1.29 is 9.59 Å². The first kappa shape index (κ1) is 20.3. The molecule has 0 bridgehead atoms. The van der Waals surface area contributed by atoms with E-state index in [1.54, 1.807) is 46.2 Å². The van der Waals surface area contributed by atoms with Crippen molar-refractivity contribution in [3.8, 4) is 0 Å². The highest BCUT2D eigenvalue weighted by Gasteiger charge is 2.31. The highest BCUT2D eigenvalue weighted by atomic mass is 35.5. The highest BCUT2D eigenvalue weighted by molar-refractivity contribution is 6.42. The third kappa shape index (κ3) is 4.35. The van der Waals surface area contributed by atoms with Gasteiger partial charge in [0.2, 0.25) is 0 Å². The van der Waals surface area contributed by atoms with Crippen LogP contribution in [0.5, 0.6) is 0 Å². The van der Waals surface area contributed by atoms with Gasteiger partial charge in [-0.25, -0.2) is 0 Å². The van der Waals surface area contributed by atoms with Gasteiger partial charge in [0, 0.05) is 36.8 Å². The Morgan fingerprint density at radius 3 is 1.81 bits per heavy atom. The smallest absolute Gasteiger partial charge is 0.254 e. The fourth-order valence-electron chi connectivity index (χ4n) is 3.05. The van der Waals surface area contributed by atoms with E-state index in [2.05, 4.69) is 0 Å². The lowest BCUT2D eigenvalue weighted by molar-refractivity contribution is 0.0414. The zero-order valence-electron chi connectivity index (χ0n) is 14.4. The number of piperazine rings is 1. The maximum atomic E-state index is 12.8. The first-order valence-corrected chi connectivity index (χ1v) is 9.79. The lowest BCUT2D eigenvalue weighted by Gasteiger charge is -2.40. The van der Waals surface area contributed by atoms with Crippen LogP contribution in [0.15, 0.2) is 36.4 Å². The fourth-order valence-corrected chi connectivity index (χ4v) is 3.65. The second-order valence-electron chi connectivity index (χ2n) is 6.36. The molecule has 3 rings (SSSR count). The summed E-state index contributed by atoms with van der Waals surface area (Å²) in [6, 6.07) is 9.48. The summed E-state index contributed by atoms with van der Waals surface area (Å²) in [5.74, 6) is -0.273. The lowest BCUT2D eigenvalue weighted by Crippen LogP contribution is -2.55. The molecule has 4 nitrogen and oxygen atoms in total. The Hall–Kier alpha value is -1.46. The molecule has 2 aromatic rings. The number of hydrogen-bond acceptors (Lipinski definition) is 2. The van der Waals surface area contributed by atoms with Crippen LogP contribution < -0.4 is 0 Å². The number of rotatable bonds is 2. The Morgan fingerprint density at radius 2 is 1.33 bits per heavy atom. The SMILES string of the molecule is C[C@@H]1CN(C(=O)c2ccc(Cl)c(Cl)c2)CCN1C(=O)c1ccc(Cl)c(Cl)c1. The van der Waals surface area contributed by atoms with Crippen LogP contribution in [0.25, 0.3) is 0 Å². The fraction of sp³-hybridized carbons (Fsp3) is 0.263. The summed E-state index contributed by atoms with van der Waals surface area (Å²) in [5.41, 5.74) is 0.946. The van der Waals surface area contributed by atoms with Gasteiger partial charge in [-0.3, -0.25) is 9.59 Å². The molecule has 0 N–H and O–H groups in total. The van der Waals surface area contributed by atoms with Crippen LogP contribution in [-0.2, 0) is 0 Å². The molecule has 0 spiro atoms. The predicted octanol–water partition coefficient (Wildman–Crippen LogP) is 5.29. The molecule has 8 heteroatoms. The number of carbonyl (C=O) groups excluding carboxylic acids is 2. The van der Waals surface area contributed by atoms with Gasteiger partial charge in [0.15, 0.2) is 0 Å². The van der Waals surface area contributed by atoms with Gasteiger partial charge in [-0.2, -0.15) is 0 Å². The Labute approximate surface area is 177 Å². The molecular weight excluding hydrogens is 430 g/mol. The van der Waals surface area contributed by atoms with E-state index in [1.165, 1.54) is 0 Å². The van der Waals surface area contributed by atoms with Crippen LogP contribution in [0, 0.1) is 0 Å². The molecule has 2 aromatic carbocycles. The zero-order valence-corrected chi connectivity index (χ0v) is 17.4. The van der Waals surface area contributed by atoms with Gasteiger partial charge in [0.1, 0.15) is 0 Å². The van der Waals surface area contributed by atoms with E-state index in [0.29, 0.717) is 50.9 Å². The largest absolute Gasteiger partial charge is 0.335 e. The molecule has 0 unspecified atom stereocenters. The van der Waals surface area contributed by atoms with Gasteiger partial charge in [-0.1, -0.05) is 46.4 Å². The zero-order chi connectivity index (χ0) is 19.7. The average Bonchev–Trinajstić information content (AvgIpc) is 2.65.